The molecule has 0 saturated carbocycles. The van der Waals surface area contributed by atoms with Gasteiger partial charge in [0.25, 0.3) is 11.8 Å². The van der Waals surface area contributed by atoms with Gasteiger partial charge in [-0.05, 0) is 62.0 Å². The van der Waals surface area contributed by atoms with Crippen LogP contribution in [0.15, 0.2) is 48.0 Å². The lowest BCUT2D eigenvalue weighted by atomic mass is 10.1. The summed E-state index contributed by atoms with van der Waals surface area (Å²) in [5.74, 6) is -3.25. The highest BCUT2D eigenvalue weighted by Crippen LogP contribution is 2.31. The summed E-state index contributed by atoms with van der Waals surface area (Å²) in [7, 11) is 0. The highest BCUT2D eigenvalue weighted by atomic mass is 32.1. The third-order valence-electron chi connectivity index (χ3n) is 4.41. The predicted octanol–water partition coefficient (Wildman–Crippen LogP) is 1.57. The van der Waals surface area contributed by atoms with Crippen molar-refractivity contribution in [3.8, 4) is 11.5 Å². The smallest absolute Gasteiger partial charge is 0.270 e. The molecule has 0 aliphatic carbocycles. The zero-order valence-corrected chi connectivity index (χ0v) is 17.9. The maximum absolute atomic E-state index is 14.3. The van der Waals surface area contributed by atoms with Crippen LogP contribution in [0.1, 0.15) is 19.4 Å². The summed E-state index contributed by atoms with van der Waals surface area (Å²) in [6.45, 7) is 3.29. The number of carboxylic acids is 1. The minimum Gasteiger partial charge on any atom is -0.546 e. The number of thiocarbonyl (C=S) groups is 1. The molecule has 0 spiro atoms. The number of anilines is 1. The van der Waals surface area contributed by atoms with E-state index in [2.05, 4.69) is 5.32 Å². The van der Waals surface area contributed by atoms with Gasteiger partial charge in [-0.15, -0.1) is 0 Å². The zero-order valence-electron chi connectivity index (χ0n) is 17.1. The maximum atomic E-state index is 14.3. The fourth-order valence-electron chi connectivity index (χ4n) is 2.89. The van der Waals surface area contributed by atoms with E-state index in [4.69, 9.17) is 21.7 Å². The fraction of sp³-hybridized carbons (Fsp3) is 0.182. The zero-order chi connectivity index (χ0) is 23.4. The van der Waals surface area contributed by atoms with E-state index in [9.17, 15) is 23.9 Å². The molecule has 32 heavy (non-hydrogen) atoms. The molecule has 166 valence electrons. The van der Waals surface area contributed by atoms with Gasteiger partial charge in [-0.25, -0.2) is 9.29 Å². The Morgan fingerprint density at radius 1 is 1.25 bits per heavy atom. The Morgan fingerprint density at radius 2 is 1.97 bits per heavy atom. The highest BCUT2D eigenvalue weighted by molar-refractivity contribution is 7.80. The molecule has 0 bridgehead atoms. The van der Waals surface area contributed by atoms with Crippen LogP contribution < -0.4 is 24.8 Å². The van der Waals surface area contributed by atoms with Gasteiger partial charge in [0.1, 0.15) is 17.5 Å². The van der Waals surface area contributed by atoms with Gasteiger partial charge in [-0.2, -0.15) is 0 Å². The topological polar surface area (TPSA) is 108 Å². The molecule has 1 fully saturated rings. The van der Waals surface area contributed by atoms with Crippen molar-refractivity contribution in [2.75, 3.05) is 11.5 Å². The van der Waals surface area contributed by atoms with Gasteiger partial charge in [-0.3, -0.25) is 14.9 Å². The van der Waals surface area contributed by atoms with Gasteiger partial charge in [0.05, 0.1) is 18.3 Å². The fourth-order valence-corrected chi connectivity index (χ4v) is 3.17. The lowest BCUT2D eigenvalue weighted by Gasteiger charge is -2.29. The molecule has 2 amide bonds. The number of carboxylic acid groups (broad SMARTS) is 1. The van der Waals surface area contributed by atoms with E-state index >= 15 is 0 Å². The number of ether oxygens (including phenoxy) is 2. The van der Waals surface area contributed by atoms with E-state index < -0.39 is 29.7 Å². The third-order valence-corrected chi connectivity index (χ3v) is 4.69. The van der Waals surface area contributed by atoms with Gasteiger partial charge in [-0.1, -0.05) is 18.2 Å². The van der Waals surface area contributed by atoms with Crippen LogP contribution in [0.4, 0.5) is 10.1 Å². The lowest BCUT2D eigenvalue weighted by molar-refractivity contribution is -0.312. The van der Waals surface area contributed by atoms with Crippen LogP contribution in [0.5, 0.6) is 11.5 Å². The first-order chi connectivity index (χ1) is 15.2. The van der Waals surface area contributed by atoms with E-state index in [1.54, 1.807) is 6.92 Å². The molecule has 0 aromatic heterocycles. The van der Waals surface area contributed by atoms with E-state index in [1.807, 2.05) is 0 Å². The number of amides is 2. The molecular formula is C22H18FN2O6S-. The quantitative estimate of drug-likeness (QED) is 0.382. The van der Waals surface area contributed by atoms with Gasteiger partial charge in [0, 0.05) is 0 Å². The second-order valence-electron chi connectivity index (χ2n) is 6.63. The van der Waals surface area contributed by atoms with Gasteiger partial charge < -0.3 is 19.4 Å². The minimum atomic E-state index is -1.40. The summed E-state index contributed by atoms with van der Waals surface area (Å²) in [6, 6.07) is 9.97. The molecule has 2 aromatic carbocycles. The average Bonchev–Trinajstić information content (AvgIpc) is 2.74. The molecule has 0 radical (unpaired) electrons. The second-order valence-corrected chi connectivity index (χ2v) is 7.01. The number of carbonyl (C=O) groups excluding carboxylic acids is 3. The van der Waals surface area contributed by atoms with Crippen molar-refractivity contribution in [1.82, 2.24) is 5.32 Å². The van der Waals surface area contributed by atoms with Crippen molar-refractivity contribution >= 4 is 46.9 Å². The SMILES string of the molecule is CCOc1cc(/C=C2\C(=O)NC(=S)N(c3ccccc3F)C2=O)ccc1O[C@H](C)C(=O)[O-]. The molecule has 1 heterocycles. The van der Waals surface area contributed by atoms with Gasteiger partial charge >= 0.3 is 0 Å². The number of hydrogen-bond donors (Lipinski definition) is 1. The number of halogens is 1. The van der Waals surface area contributed by atoms with Crippen molar-refractivity contribution in [3.05, 3.63) is 59.4 Å². The first-order valence-corrected chi connectivity index (χ1v) is 9.94. The minimum absolute atomic E-state index is 0.0941. The van der Waals surface area contributed by atoms with Crippen molar-refractivity contribution in [1.29, 1.82) is 0 Å². The van der Waals surface area contributed by atoms with Crippen molar-refractivity contribution in [2.45, 2.75) is 20.0 Å². The largest absolute Gasteiger partial charge is 0.546 e. The number of nitrogens with one attached hydrogen (secondary N) is 1. The molecule has 1 aliphatic rings. The summed E-state index contributed by atoms with van der Waals surface area (Å²) < 4.78 is 25.1. The third kappa shape index (κ3) is 4.75. The first-order valence-electron chi connectivity index (χ1n) is 9.53. The second kappa shape index (κ2) is 9.56. The molecule has 2 aromatic rings. The van der Waals surface area contributed by atoms with Crippen LogP contribution in [0, 0.1) is 5.82 Å². The summed E-state index contributed by atoms with van der Waals surface area (Å²) in [6.07, 6.45) is 0.0707. The van der Waals surface area contributed by atoms with Crippen LogP contribution in [0.25, 0.3) is 6.08 Å². The molecular weight excluding hydrogens is 439 g/mol. The molecule has 10 heteroatoms. The molecule has 1 atom stereocenters. The predicted molar refractivity (Wildman–Crippen MR) is 115 cm³/mol. The van der Waals surface area contributed by atoms with Crippen LogP contribution in [0.3, 0.4) is 0 Å². The highest BCUT2D eigenvalue weighted by Gasteiger charge is 2.35. The van der Waals surface area contributed by atoms with Crippen LogP contribution in [-0.4, -0.2) is 35.6 Å². The number of para-hydroxylation sites is 1. The van der Waals surface area contributed by atoms with Crippen molar-refractivity contribution < 1.29 is 33.4 Å². The number of carbonyl (C=O) groups is 3. The van der Waals surface area contributed by atoms with E-state index in [0.29, 0.717) is 5.56 Å². The van der Waals surface area contributed by atoms with E-state index in [0.717, 1.165) is 4.90 Å². The Kier molecular flexibility index (Phi) is 6.84. The van der Waals surface area contributed by atoms with E-state index in [-0.39, 0.29) is 34.5 Å². The van der Waals surface area contributed by atoms with Crippen LogP contribution >= 0.6 is 12.2 Å². The van der Waals surface area contributed by atoms with Crippen molar-refractivity contribution in [2.24, 2.45) is 0 Å². The average molecular weight is 457 g/mol. The summed E-state index contributed by atoms with van der Waals surface area (Å²) in [5.41, 5.74) is 0.0196. The summed E-state index contributed by atoms with van der Waals surface area (Å²) in [5, 5.41) is 13.1. The molecule has 1 N–H and O–H groups in total. The Balaban J connectivity index is 1.98. The molecule has 0 unspecified atom stereocenters. The Morgan fingerprint density at radius 3 is 2.62 bits per heavy atom. The van der Waals surface area contributed by atoms with Crippen molar-refractivity contribution in [3.63, 3.8) is 0 Å². The van der Waals surface area contributed by atoms with Crippen LogP contribution in [-0.2, 0) is 14.4 Å². The first kappa shape index (κ1) is 22.9. The molecule has 1 aliphatic heterocycles. The number of rotatable bonds is 7. The number of aliphatic carboxylic acids is 1. The van der Waals surface area contributed by atoms with Crippen LogP contribution in [0.2, 0.25) is 0 Å². The standard InChI is InChI=1S/C22H19FN2O6S/c1-3-30-18-11-13(8-9-17(18)31-12(2)21(28)29)10-14-19(26)24-22(32)25(20(14)27)16-7-5-4-6-15(16)23/h4-12H,3H2,1-2H3,(H,28,29)(H,24,26,32)/p-1/b14-10+/t12-/m1/s1. The molecule has 3 rings (SSSR count). The number of benzene rings is 2. The lowest BCUT2D eigenvalue weighted by Crippen LogP contribution is -2.54. The van der Waals surface area contributed by atoms with E-state index in [1.165, 1.54) is 55.5 Å². The molecule has 1 saturated heterocycles. The van der Waals surface area contributed by atoms with Gasteiger partial charge in [0.2, 0.25) is 0 Å². The number of hydrogen-bond acceptors (Lipinski definition) is 7. The normalized spacial score (nSPS) is 16.0. The summed E-state index contributed by atoms with van der Waals surface area (Å²) >= 11 is 5.06. The monoisotopic (exact) mass is 457 g/mol. The Labute approximate surface area is 188 Å². The maximum Gasteiger partial charge on any atom is 0.270 e. The Bertz CT molecular complexity index is 1130. The van der Waals surface area contributed by atoms with Gasteiger partial charge in [0.15, 0.2) is 16.6 Å². The molecule has 8 nitrogen and oxygen atoms in total. The summed E-state index contributed by atoms with van der Waals surface area (Å²) in [4.78, 5) is 37.3. The number of nitrogens with zero attached hydrogens (tertiary/aromatic N) is 1. The Hall–Kier alpha value is -3.79.